The van der Waals surface area contributed by atoms with Crippen LogP contribution in [0.5, 0.6) is 0 Å². The van der Waals surface area contributed by atoms with Crippen LogP contribution < -0.4 is 5.32 Å². The Balaban J connectivity index is 1.54. The number of aryl methyl sites for hydroxylation is 1. The van der Waals surface area contributed by atoms with Crippen molar-refractivity contribution >= 4 is 63.4 Å². The Morgan fingerprint density at radius 3 is 2.70 bits per heavy atom. The Morgan fingerprint density at radius 1 is 1.19 bits per heavy atom. The number of hydrogen-bond donors (Lipinski definition) is 1. The van der Waals surface area contributed by atoms with Crippen LogP contribution in [0.25, 0.3) is 6.08 Å². The molecule has 27 heavy (non-hydrogen) atoms. The van der Waals surface area contributed by atoms with Gasteiger partial charge in [-0.2, -0.15) is 0 Å². The number of carbonyl (C=O) groups excluding carboxylic acids is 1. The molecule has 0 aliphatic heterocycles. The topological polar surface area (TPSA) is 54.9 Å². The Bertz CT molecular complexity index is 971. The summed E-state index contributed by atoms with van der Waals surface area (Å²) in [5, 5.41) is 12.3. The molecule has 1 N–H and O–H groups in total. The van der Waals surface area contributed by atoms with Crippen LogP contribution >= 0.6 is 46.3 Å². The van der Waals surface area contributed by atoms with E-state index in [1.807, 2.05) is 0 Å². The van der Waals surface area contributed by atoms with Crippen LogP contribution in [0.3, 0.4) is 0 Å². The number of anilines is 1. The second-order valence-corrected chi connectivity index (χ2v) is 8.68. The van der Waals surface area contributed by atoms with Crippen molar-refractivity contribution in [3.05, 3.63) is 75.3 Å². The van der Waals surface area contributed by atoms with Crippen LogP contribution in [-0.4, -0.2) is 16.1 Å². The molecule has 0 aliphatic carbocycles. The minimum Gasteiger partial charge on any atom is -0.297 e. The molecule has 1 heterocycles. The summed E-state index contributed by atoms with van der Waals surface area (Å²) in [5.74, 6) is 0.505. The van der Waals surface area contributed by atoms with E-state index < -0.39 is 0 Å². The first-order valence-electron chi connectivity index (χ1n) is 7.95. The molecule has 3 rings (SSSR count). The van der Waals surface area contributed by atoms with Crippen molar-refractivity contribution in [1.29, 1.82) is 0 Å². The number of nitrogens with one attached hydrogen (secondary N) is 1. The zero-order chi connectivity index (χ0) is 19.2. The molecule has 0 saturated carbocycles. The highest BCUT2D eigenvalue weighted by atomic mass is 35.5. The SMILES string of the molecule is Cc1ccc(CSc2nnc(NC(=O)C=Cc3ccc(Cl)cc3Cl)s2)cc1. The summed E-state index contributed by atoms with van der Waals surface area (Å²) in [6.45, 7) is 2.06. The average molecular weight is 436 g/mol. The fraction of sp³-hybridized carbons (Fsp3) is 0.105. The van der Waals surface area contributed by atoms with Crippen molar-refractivity contribution < 1.29 is 4.79 Å². The van der Waals surface area contributed by atoms with Crippen molar-refractivity contribution in [3.8, 4) is 0 Å². The van der Waals surface area contributed by atoms with Crippen molar-refractivity contribution in [2.75, 3.05) is 5.32 Å². The molecular weight excluding hydrogens is 421 g/mol. The van der Waals surface area contributed by atoms with Gasteiger partial charge in [0, 0.05) is 21.9 Å². The van der Waals surface area contributed by atoms with E-state index in [1.54, 1.807) is 36.0 Å². The highest BCUT2D eigenvalue weighted by Gasteiger charge is 2.07. The molecule has 0 atom stereocenters. The van der Waals surface area contributed by atoms with Crippen LogP contribution in [0.2, 0.25) is 10.0 Å². The van der Waals surface area contributed by atoms with E-state index in [1.165, 1.54) is 28.5 Å². The standard InChI is InChI=1S/C19H15Cl2N3OS2/c1-12-2-4-13(5-3-12)11-26-19-24-23-18(27-19)22-17(25)9-7-14-6-8-15(20)10-16(14)21/h2-10H,11H2,1H3,(H,22,23,25). The summed E-state index contributed by atoms with van der Waals surface area (Å²) in [6, 6.07) is 13.5. The Labute approximate surface area is 175 Å². The van der Waals surface area contributed by atoms with Gasteiger partial charge in [0.25, 0.3) is 0 Å². The molecule has 3 aromatic rings. The van der Waals surface area contributed by atoms with Crippen LogP contribution in [0.15, 0.2) is 52.9 Å². The molecule has 8 heteroatoms. The lowest BCUT2D eigenvalue weighted by Gasteiger charge is -1.99. The van der Waals surface area contributed by atoms with Gasteiger partial charge in [-0.25, -0.2) is 0 Å². The summed E-state index contributed by atoms with van der Waals surface area (Å²) < 4.78 is 0.801. The molecule has 2 aromatic carbocycles. The molecule has 1 aromatic heterocycles. The van der Waals surface area contributed by atoms with Gasteiger partial charge >= 0.3 is 0 Å². The average Bonchev–Trinajstić information content (AvgIpc) is 3.08. The van der Waals surface area contributed by atoms with Crippen molar-refractivity contribution in [2.24, 2.45) is 0 Å². The van der Waals surface area contributed by atoms with Gasteiger partial charge in [0.2, 0.25) is 11.0 Å². The molecule has 0 unspecified atom stereocenters. The zero-order valence-electron chi connectivity index (χ0n) is 14.3. The highest BCUT2D eigenvalue weighted by Crippen LogP contribution is 2.28. The van der Waals surface area contributed by atoms with E-state index in [0.29, 0.717) is 20.7 Å². The summed E-state index contributed by atoms with van der Waals surface area (Å²) >= 11 is 14.9. The van der Waals surface area contributed by atoms with Gasteiger partial charge in [-0.1, -0.05) is 82.2 Å². The smallest absolute Gasteiger partial charge is 0.250 e. The van der Waals surface area contributed by atoms with Gasteiger partial charge in [-0.05, 0) is 36.3 Å². The van der Waals surface area contributed by atoms with E-state index in [4.69, 9.17) is 23.2 Å². The summed E-state index contributed by atoms with van der Waals surface area (Å²) in [7, 11) is 0. The van der Waals surface area contributed by atoms with E-state index >= 15 is 0 Å². The van der Waals surface area contributed by atoms with Gasteiger partial charge in [0.15, 0.2) is 4.34 Å². The molecule has 0 spiro atoms. The number of carbonyl (C=O) groups is 1. The van der Waals surface area contributed by atoms with E-state index in [0.717, 1.165) is 10.1 Å². The largest absolute Gasteiger partial charge is 0.297 e. The van der Waals surface area contributed by atoms with Gasteiger partial charge in [-0.3, -0.25) is 10.1 Å². The fourth-order valence-corrected chi connectivity index (χ4v) is 4.28. The second kappa shape index (κ2) is 9.37. The quantitative estimate of drug-likeness (QED) is 0.288. The lowest BCUT2D eigenvalue weighted by Crippen LogP contribution is -2.07. The second-order valence-electron chi connectivity index (χ2n) is 5.64. The molecule has 4 nitrogen and oxygen atoms in total. The van der Waals surface area contributed by atoms with Gasteiger partial charge < -0.3 is 0 Å². The summed E-state index contributed by atoms with van der Waals surface area (Å²) in [5.41, 5.74) is 3.16. The monoisotopic (exact) mass is 435 g/mol. The first-order valence-corrected chi connectivity index (χ1v) is 10.5. The van der Waals surface area contributed by atoms with Gasteiger partial charge in [0.1, 0.15) is 0 Å². The zero-order valence-corrected chi connectivity index (χ0v) is 17.4. The van der Waals surface area contributed by atoms with Crippen LogP contribution in [0.1, 0.15) is 16.7 Å². The predicted octanol–water partition coefficient (Wildman–Crippen LogP) is 6.10. The van der Waals surface area contributed by atoms with E-state index in [2.05, 4.69) is 46.7 Å². The number of benzene rings is 2. The minimum atomic E-state index is -0.299. The van der Waals surface area contributed by atoms with E-state index in [9.17, 15) is 4.79 Å². The third kappa shape index (κ3) is 6.07. The van der Waals surface area contributed by atoms with Gasteiger partial charge in [-0.15, -0.1) is 10.2 Å². The predicted molar refractivity (Wildman–Crippen MR) is 115 cm³/mol. The third-order valence-corrected chi connectivity index (χ3v) is 6.10. The minimum absolute atomic E-state index is 0.299. The van der Waals surface area contributed by atoms with E-state index in [-0.39, 0.29) is 5.91 Å². The Kier molecular flexibility index (Phi) is 6.90. The molecule has 0 saturated heterocycles. The Hall–Kier alpha value is -1.86. The number of rotatable bonds is 6. The van der Waals surface area contributed by atoms with Crippen LogP contribution in [0, 0.1) is 6.92 Å². The van der Waals surface area contributed by atoms with Gasteiger partial charge in [0.05, 0.1) is 0 Å². The molecule has 0 aliphatic rings. The fourth-order valence-electron chi connectivity index (χ4n) is 2.10. The maximum Gasteiger partial charge on any atom is 0.250 e. The molecule has 138 valence electrons. The lowest BCUT2D eigenvalue weighted by atomic mass is 10.2. The van der Waals surface area contributed by atoms with Crippen LogP contribution in [-0.2, 0) is 10.5 Å². The first-order chi connectivity index (χ1) is 13.0. The summed E-state index contributed by atoms with van der Waals surface area (Å²) in [6.07, 6.45) is 3.03. The molecule has 0 radical (unpaired) electrons. The normalized spacial score (nSPS) is 11.1. The number of thioether (sulfide) groups is 1. The Morgan fingerprint density at radius 2 is 1.96 bits per heavy atom. The summed E-state index contributed by atoms with van der Waals surface area (Å²) in [4.78, 5) is 12.0. The number of amides is 1. The lowest BCUT2D eigenvalue weighted by molar-refractivity contribution is -0.111. The first kappa shape index (κ1) is 19.9. The molecule has 1 amide bonds. The van der Waals surface area contributed by atoms with Crippen molar-refractivity contribution in [2.45, 2.75) is 17.0 Å². The highest BCUT2D eigenvalue weighted by molar-refractivity contribution is 8.00. The molecule has 0 bridgehead atoms. The molecule has 0 fully saturated rings. The van der Waals surface area contributed by atoms with Crippen molar-refractivity contribution in [3.63, 3.8) is 0 Å². The number of halogens is 2. The van der Waals surface area contributed by atoms with Crippen molar-refractivity contribution in [1.82, 2.24) is 10.2 Å². The molecular formula is C19H15Cl2N3OS2. The maximum atomic E-state index is 12.0. The maximum absolute atomic E-state index is 12.0. The number of nitrogens with zero attached hydrogens (tertiary/aromatic N) is 2. The number of hydrogen-bond acceptors (Lipinski definition) is 5. The number of aromatic nitrogens is 2. The van der Waals surface area contributed by atoms with Crippen LogP contribution in [0.4, 0.5) is 5.13 Å². The third-order valence-electron chi connectivity index (χ3n) is 3.50.